The van der Waals surface area contributed by atoms with Crippen molar-refractivity contribution in [3.63, 3.8) is 0 Å². The molecule has 0 aliphatic rings. The Bertz CT molecular complexity index is 899. The number of rotatable bonds is 3. The third kappa shape index (κ3) is 2.63. The monoisotopic (exact) mass is 310 g/mol. The first-order chi connectivity index (χ1) is 11.0. The highest BCUT2D eigenvalue weighted by molar-refractivity contribution is 6.13. The molecule has 0 aliphatic carbocycles. The van der Waals surface area contributed by atoms with Crippen molar-refractivity contribution in [1.82, 2.24) is 14.8 Å². The van der Waals surface area contributed by atoms with Crippen LogP contribution in [0.15, 0.2) is 30.3 Å². The number of hydrogen-bond acceptors (Lipinski definition) is 4. The lowest BCUT2D eigenvalue weighted by molar-refractivity contribution is 0.102. The molecule has 0 saturated heterocycles. The van der Waals surface area contributed by atoms with Gasteiger partial charge in [-0.1, -0.05) is 12.1 Å². The average molecular weight is 310 g/mol. The van der Waals surface area contributed by atoms with E-state index in [0.717, 1.165) is 16.8 Å². The normalized spacial score (nSPS) is 10.8. The third-order valence-electron chi connectivity index (χ3n) is 3.70. The number of nitrogens with zero attached hydrogens (tertiary/aromatic N) is 3. The lowest BCUT2D eigenvalue weighted by Gasteiger charge is -2.11. The van der Waals surface area contributed by atoms with Gasteiger partial charge in [-0.2, -0.15) is 5.10 Å². The largest absolute Gasteiger partial charge is 0.495 e. The Balaban J connectivity index is 2.08. The second kappa shape index (κ2) is 5.72. The minimum atomic E-state index is -0.207. The van der Waals surface area contributed by atoms with Gasteiger partial charge in [0.2, 0.25) is 0 Å². The molecule has 0 unspecified atom stereocenters. The molecule has 0 atom stereocenters. The summed E-state index contributed by atoms with van der Waals surface area (Å²) < 4.78 is 6.97. The van der Waals surface area contributed by atoms with Crippen molar-refractivity contribution >= 4 is 22.6 Å². The number of fused-ring (bicyclic) bond motifs is 1. The fraction of sp³-hybridized carbons (Fsp3) is 0.235. The van der Waals surface area contributed by atoms with Crippen LogP contribution in [0.5, 0.6) is 5.75 Å². The number of hydrogen-bond donors (Lipinski definition) is 1. The number of amides is 1. The molecule has 2 aromatic heterocycles. The fourth-order valence-corrected chi connectivity index (χ4v) is 2.69. The topological polar surface area (TPSA) is 69.0 Å². The van der Waals surface area contributed by atoms with Gasteiger partial charge < -0.3 is 10.1 Å². The summed E-state index contributed by atoms with van der Waals surface area (Å²) in [5.41, 5.74) is 3.44. The van der Waals surface area contributed by atoms with Gasteiger partial charge in [-0.25, -0.2) is 4.98 Å². The maximum atomic E-state index is 12.8. The molecule has 0 fully saturated rings. The highest BCUT2D eigenvalue weighted by atomic mass is 16.5. The van der Waals surface area contributed by atoms with Crippen LogP contribution in [0.4, 0.5) is 5.69 Å². The van der Waals surface area contributed by atoms with Crippen molar-refractivity contribution in [2.24, 2.45) is 7.05 Å². The van der Waals surface area contributed by atoms with Gasteiger partial charge in [0.25, 0.3) is 5.91 Å². The van der Waals surface area contributed by atoms with Crippen molar-refractivity contribution in [2.45, 2.75) is 13.8 Å². The summed E-state index contributed by atoms with van der Waals surface area (Å²) in [5, 5.41) is 8.04. The zero-order valence-electron chi connectivity index (χ0n) is 13.5. The van der Waals surface area contributed by atoms with Gasteiger partial charge in [0.1, 0.15) is 5.75 Å². The highest BCUT2D eigenvalue weighted by Crippen LogP contribution is 2.26. The number of pyridine rings is 1. The zero-order chi connectivity index (χ0) is 16.6. The number of aromatic nitrogens is 3. The summed E-state index contributed by atoms with van der Waals surface area (Å²) in [5.74, 6) is 0.409. The Labute approximate surface area is 134 Å². The van der Waals surface area contributed by atoms with Gasteiger partial charge >= 0.3 is 0 Å². The predicted molar refractivity (Wildman–Crippen MR) is 88.9 cm³/mol. The Hall–Kier alpha value is -2.89. The number of anilines is 1. The molecule has 3 aromatic rings. The number of nitrogens with one attached hydrogen (secondary N) is 1. The molecule has 23 heavy (non-hydrogen) atoms. The molecule has 1 aromatic carbocycles. The van der Waals surface area contributed by atoms with E-state index < -0.39 is 0 Å². The molecule has 1 amide bonds. The van der Waals surface area contributed by atoms with E-state index in [4.69, 9.17) is 4.74 Å². The molecule has 0 bridgehead atoms. The first kappa shape index (κ1) is 15.0. The Morgan fingerprint density at radius 1 is 1.26 bits per heavy atom. The van der Waals surface area contributed by atoms with Crippen LogP contribution in [0.3, 0.4) is 0 Å². The van der Waals surface area contributed by atoms with Crippen molar-refractivity contribution in [3.05, 3.63) is 47.3 Å². The van der Waals surface area contributed by atoms with Crippen LogP contribution < -0.4 is 10.1 Å². The second-order valence-electron chi connectivity index (χ2n) is 5.37. The first-order valence-electron chi connectivity index (χ1n) is 7.26. The van der Waals surface area contributed by atoms with E-state index in [1.807, 2.05) is 33.0 Å². The van der Waals surface area contributed by atoms with Gasteiger partial charge in [-0.15, -0.1) is 0 Å². The summed E-state index contributed by atoms with van der Waals surface area (Å²) in [6.07, 6.45) is 0. The minimum Gasteiger partial charge on any atom is -0.495 e. The molecule has 0 aliphatic heterocycles. The van der Waals surface area contributed by atoms with Crippen LogP contribution in [0.25, 0.3) is 11.0 Å². The Morgan fingerprint density at radius 2 is 2.00 bits per heavy atom. The number of methoxy groups -OCH3 is 1. The molecule has 2 heterocycles. The van der Waals surface area contributed by atoms with E-state index in [0.29, 0.717) is 22.6 Å². The maximum absolute atomic E-state index is 12.8. The lowest BCUT2D eigenvalue weighted by atomic mass is 10.1. The standard InChI is InChI=1S/C17H18N4O2/c1-10-9-12(15-11(2)20-21(3)16(15)18-10)17(22)19-13-7-5-6-8-14(13)23-4/h5-9H,1-4H3,(H,19,22). The Morgan fingerprint density at radius 3 is 2.74 bits per heavy atom. The molecule has 6 nitrogen and oxygen atoms in total. The molecule has 118 valence electrons. The number of carbonyl (C=O) groups excluding carboxylic acids is 1. The average Bonchev–Trinajstić information content (AvgIpc) is 2.81. The SMILES string of the molecule is COc1ccccc1NC(=O)c1cc(C)nc2c1c(C)nn2C. The number of carbonyl (C=O) groups is 1. The van der Waals surface area contributed by atoms with E-state index in [9.17, 15) is 4.79 Å². The van der Waals surface area contributed by atoms with E-state index >= 15 is 0 Å². The van der Waals surface area contributed by atoms with Crippen LogP contribution in [0, 0.1) is 13.8 Å². The van der Waals surface area contributed by atoms with E-state index in [-0.39, 0.29) is 5.91 Å². The number of ether oxygens (including phenoxy) is 1. The lowest BCUT2D eigenvalue weighted by Crippen LogP contribution is -2.14. The fourth-order valence-electron chi connectivity index (χ4n) is 2.69. The zero-order valence-corrected chi connectivity index (χ0v) is 13.5. The number of para-hydroxylation sites is 2. The minimum absolute atomic E-state index is 0.207. The molecule has 0 spiro atoms. The molecule has 0 radical (unpaired) electrons. The van der Waals surface area contributed by atoms with Gasteiger partial charge in [0.05, 0.1) is 29.4 Å². The Kier molecular flexibility index (Phi) is 3.73. The number of benzene rings is 1. The van der Waals surface area contributed by atoms with Crippen molar-refractivity contribution in [2.75, 3.05) is 12.4 Å². The molecule has 3 rings (SSSR count). The van der Waals surface area contributed by atoms with Gasteiger partial charge in [0.15, 0.2) is 5.65 Å². The van der Waals surface area contributed by atoms with E-state index in [2.05, 4.69) is 15.4 Å². The van der Waals surface area contributed by atoms with E-state index in [1.165, 1.54) is 0 Å². The van der Waals surface area contributed by atoms with E-state index in [1.54, 1.807) is 30.0 Å². The van der Waals surface area contributed by atoms with Crippen LogP contribution in [0.1, 0.15) is 21.7 Å². The van der Waals surface area contributed by atoms with Crippen molar-refractivity contribution in [1.29, 1.82) is 0 Å². The summed E-state index contributed by atoms with van der Waals surface area (Å²) >= 11 is 0. The van der Waals surface area contributed by atoms with Crippen LogP contribution in [-0.4, -0.2) is 27.8 Å². The summed E-state index contributed by atoms with van der Waals surface area (Å²) in [6.45, 7) is 3.74. The smallest absolute Gasteiger partial charge is 0.256 e. The highest BCUT2D eigenvalue weighted by Gasteiger charge is 2.18. The summed E-state index contributed by atoms with van der Waals surface area (Å²) in [7, 11) is 3.40. The molecular weight excluding hydrogens is 292 g/mol. The van der Waals surface area contributed by atoms with Crippen molar-refractivity contribution in [3.8, 4) is 5.75 Å². The molecule has 6 heteroatoms. The first-order valence-corrected chi connectivity index (χ1v) is 7.26. The van der Waals surface area contributed by atoms with Gasteiger partial charge in [-0.05, 0) is 32.0 Å². The molecule has 0 saturated carbocycles. The van der Waals surface area contributed by atoms with Crippen molar-refractivity contribution < 1.29 is 9.53 Å². The number of aryl methyl sites for hydroxylation is 3. The summed E-state index contributed by atoms with van der Waals surface area (Å²) in [4.78, 5) is 17.3. The van der Waals surface area contributed by atoms with Crippen LogP contribution in [0.2, 0.25) is 0 Å². The quantitative estimate of drug-likeness (QED) is 0.807. The van der Waals surface area contributed by atoms with Gasteiger partial charge in [-0.3, -0.25) is 9.48 Å². The third-order valence-corrected chi connectivity index (χ3v) is 3.70. The van der Waals surface area contributed by atoms with Crippen LogP contribution in [-0.2, 0) is 7.05 Å². The van der Waals surface area contributed by atoms with Gasteiger partial charge in [0, 0.05) is 12.7 Å². The molecular formula is C17H18N4O2. The van der Waals surface area contributed by atoms with Crippen LogP contribution >= 0.6 is 0 Å². The summed E-state index contributed by atoms with van der Waals surface area (Å²) in [6, 6.07) is 9.09. The molecule has 1 N–H and O–H groups in total. The maximum Gasteiger partial charge on any atom is 0.256 e. The predicted octanol–water partition coefficient (Wildman–Crippen LogP) is 2.85. The second-order valence-corrected chi connectivity index (χ2v) is 5.37.